The minimum Gasteiger partial charge on any atom is -0.497 e. The van der Waals surface area contributed by atoms with Gasteiger partial charge in [-0.3, -0.25) is 24.7 Å². The van der Waals surface area contributed by atoms with Crippen LogP contribution < -0.4 is 15.5 Å². The van der Waals surface area contributed by atoms with Crippen LogP contribution in [0.2, 0.25) is 0 Å². The molecule has 0 saturated carbocycles. The fourth-order valence-electron chi connectivity index (χ4n) is 3.47. The molecule has 1 saturated heterocycles. The molecule has 2 aromatic rings. The predicted molar refractivity (Wildman–Crippen MR) is 132 cm³/mol. The molecule has 0 aromatic heterocycles. The number of thiocarbonyl (C=S) groups is 1. The minimum atomic E-state index is -1.02. The first-order chi connectivity index (χ1) is 16.8. The summed E-state index contributed by atoms with van der Waals surface area (Å²) in [7, 11) is 1.49. The van der Waals surface area contributed by atoms with Gasteiger partial charge in [-0.1, -0.05) is 6.07 Å². The number of carbonyl (C=O) groups is 4. The Kier molecular flexibility index (Phi) is 8.37. The molecule has 0 unspecified atom stereocenters. The Bertz CT molecular complexity index is 1140. The lowest BCUT2D eigenvalue weighted by Gasteiger charge is -2.24. The second kappa shape index (κ2) is 11.4. The van der Waals surface area contributed by atoms with Gasteiger partial charge in [0.15, 0.2) is 5.11 Å². The standard InChI is InChI=1S/C24H26N4O6S/c1-4-27-22(31)19(14-20(29)25-17-11-9-15(10-12-17)23(32)34-5-2)28(24(27)35)26-21(30)16-7-6-8-18(13-16)33-3/h6-13,19H,4-5,14H2,1-3H3,(H,25,29)(H,26,30)/t19-/m1/s1. The molecule has 35 heavy (non-hydrogen) atoms. The molecule has 11 heteroatoms. The van der Waals surface area contributed by atoms with E-state index >= 15 is 0 Å². The molecule has 1 fully saturated rings. The van der Waals surface area contributed by atoms with E-state index in [2.05, 4.69) is 10.7 Å². The number of nitrogens with one attached hydrogen (secondary N) is 2. The van der Waals surface area contributed by atoms with Crippen molar-refractivity contribution in [1.29, 1.82) is 0 Å². The molecular weight excluding hydrogens is 472 g/mol. The van der Waals surface area contributed by atoms with Crippen molar-refractivity contribution in [2.75, 3.05) is 25.6 Å². The van der Waals surface area contributed by atoms with Gasteiger partial charge < -0.3 is 14.8 Å². The van der Waals surface area contributed by atoms with E-state index in [1.165, 1.54) is 29.2 Å². The van der Waals surface area contributed by atoms with Crippen LogP contribution in [0.1, 0.15) is 41.0 Å². The molecular formula is C24H26N4O6S. The number of hydrogen-bond donors (Lipinski definition) is 2. The fraction of sp³-hybridized carbons (Fsp3) is 0.292. The first kappa shape index (κ1) is 25.6. The number of amides is 3. The lowest BCUT2D eigenvalue weighted by molar-refractivity contribution is -0.130. The van der Waals surface area contributed by atoms with Crippen LogP contribution in [0.25, 0.3) is 0 Å². The van der Waals surface area contributed by atoms with Crippen LogP contribution in [-0.4, -0.2) is 65.0 Å². The normalized spacial score (nSPS) is 15.1. The van der Waals surface area contributed by atoms with Gasteiger partial charge in [-0.2, -0.15) is 0 Å². The fourth-order valence-corrected chi connectivity index (χ4v) is 3.87. The molecule has 0 spiro atoms. The topological polar surface area (TPSA) is 117 Å². The summed E-state index contributed by atoms with van der Waals surface area (Å²) in [5.41, 5.74) is 3.74. The Morgan fingerprint density at radius 1 is 1.06 bits per heavy atom. The zero-order chi connectivity index (χ0) is 25.5. The first-order valence-corrected chi connectivity index (χ1v) is 11.4. The highest BCUT2D eigenvalue weighted by Crippen LogP contribution is 2.21. The molecule has 0 radical (unpaired) electrons. The zero-order valence-corrected chi connectivity index (χ0v) is 20.4. The highest BCUT2D eigenvalue weighted by atomic mass is 32.1. The van der Waals surface area contributed by atoms with Gasteiger partial charge >= 0.3 is 5.97 Å². The number of hydrazine groups is 1. The van der Waals surface area contributed by atoms with Gasteiger partial charge in [-0.15, -0.1) is 0 Å². The molecule has 1 aliphatic rings. The second-order valence-corrected chi connectivity index (χ2v) is 7.84. The van der Waals surface area contributed by atoms with Gasteiger partial charge in [0.2, 0.25) is 5.91 Å². The van der Waals surface area contributed by atoms with Crippen LogP contribution in [-0.2, 0) is 14.3 Å². The number of rotatable bonds is 9. The van der Waals surface area contributed by atoms with Crippen molar-refractivity contribution in [2.24, 2.45) is 0 Å². The third kappa shape index (κ3) is 5.93. The van der Waals surface area contributed by atoms with Gasteiger partial charge in [-0.25, -0.2) is 9.80 Å². The maximum Gasteiger partial charge on any atom is 0.338 e. The van der Waals surface area contributed by atoms with Crippen LogP contribution in [0, 0.1) is 0 Å². The summed E-state index contributed by atoms with van der Waals surface area (Å²) in [5, 5.41) is 4.04. The lowest BCUT2D eigenvalue weighted by Crippen LogP contribution is -2.49. The number of anilines is 1. The maximum absolute atomic E-state index is 12.9. The Morgan fingerprint density at radius 3 is 2.40 bits per heavy atom. The third-order valence-electron chi connectivity index (χ3n) is 5.23. The van der Waals surface area contributed by atoms with E-state index in [0.717, 1.165) is 0 Å². The molecule has 2 aromatic carbocycles. The predicted octanol–water partition coefficient (Wildman–Crippen LogP) is 2.36. The highest BCUT2D eigenvalue weighted by molar-refractivity contribution is 7.80. The van der Waals surface area contributed by atoms with Crippen LogP contribution in [0.3, 0.4) is 0 Å². The van der Waals surface area contributed by atoms with E-state index in [9.17, 15) is 19.2 Å². The highest BCUT2D eigenvalue weighted by Gasteiger charge is 2.43. The van der Waals surface area contributed by atoms with Crippen LogP contribution >= 0.6 is 12.2 Å². The quantitative estimate of drug-likeness (QED) is 0.400. The molecule has 2 N–H and O–H groups in total. The molecule has 0 bridgehead atoms. The Hall–Kier alpha value is -3.99. The summed E-state index contributed by atoms with van der Waals surface area (Å²) in [4.78, 5) is 51.6. The average Bonchev–Trinajstić information content (AvgIpc) is 3.07. The van der Waals surface area contributed by atoms with Gasteiger partial charge in [0, 0.05) is 17.8 Å². The molecule has 1 atom stereocenters. The van der Waals surface area contributed by atoms with E-state index < -0.39 is 29.7 Å². The number of nitrogens with zero attached hydrogens (tertiary/aromatic N) is 2. The minimum absolute atomic E-state index is 0.102. The summed E-state index contributed by atoms with van der Waals surface area (Å²) < 4.78 is 10.1. The molecule has 1 heterocycles. The molecule has 3 amide bonds. The van der Waals surface area contributed by atoms with Crippen molar-refractivity contribution < 1.29 is 28.7 Å². The number of carbonyl (C=O) groups excluding carboxylic acids is 4. The van der Waals surface area contributed by atoms with E-state index in [4.69, 9.17) is 21.7 Å². The van der Waals surface area contributed by atoms with E-state index in [-0.39, 0.29) is 24.7 Å². The first-order valence-electron chi connectivity index (χ1n) is 11.0. The number of likely N-dealkylation sites (N-methyl/N-ethyl adjacent to an activating group) is 1. The number of benzene rings is 2. The Morgan fingerprint density at radius 2 is 1.77 bits per heavy atom. The smallest absolute Gasteiger partial charge is 0.338 e. The second-order valence-electron chi connectivity index (χ2n) is 7.47. The van der Waals surface area contributed by atoms with E-state index in [1.807, 2.05) is 0 Å². The number of methoxy groups -OCH3 is 1. The van der Waals surface area contributed by atoms with Gasteiger partial charge in [0.1, 0.15) is 11.8 Å². The summed E-state index contributed by atoms with van der Waals surface area (Å²) in [6, 6.07) is 11.7. The van der Waals surface area contributed by atoms with Gasteiger partial charge in [0.05, 0.1) is 25.7 Å². The monoisotopic (exact) mass is 498 g/mol. The van der Waals surface area contributed by atoms with E-state index in [1.54, 1.807) is 50.2 Å². The lowest BCUT2D eigenvalue weighted by atomic mass is 10.1. The largest absolute Gasteiger partial charge is 0.497 e. The van der Waals surface area contributed by atoms with Crippen LogP contribution in [0.15, 0.2) is 48.5 Å². The van der Waals surface area contributed by atoms with Crippen molar-refractivity contribution in [3.05, 3.63) is 59.7 Å². The zero-order valence-electron chi connectivity index (χ0n) is 19.6. The maximum atomic E-state index is 12.9. The number of ether oxygens (including phenoxy) is 2. The summed E-state index contributed by atoms with van der Waals surface area (Å²) in [5.74, 6) is -1.32. The summed E-state index contributed by atoms with van der Waals surface area (Å²) >= 11 is 5.39. The van der Waals surface area contributed by atoms with Crippen LogP contribution in [0.4, 0.5) is 5.69 Å². The molecule has 0 aliphatic carbocycles. The third-order valence-corrected chi connectivity index (χ3v) is 5.65. The van der Waals surface area contributed by atoms with E-state index in [0.29, 0.717) is 22.6 Å². The van der Waals surface area contributed by atoms with Crippen LogP contribution in [0.5, 0.6) is 5.75 Å². The van der Waals surface area contributed by atoms with Crippen molar-refractivity contribution in [1.82, 2.24) is 15.3 Å². The van der Waals surface area contributed by atoms with Crippen molar-refractivity contribution in [3.8, 4) is 5.75 Å². The van der Waals surface area contributed by atoms with Crippen molar-refractivity contribution in [2.45, 2.75) is 26.3 Å². The SMILES string of the molecule is CCOC(=O)c1ccc(NC(=O)C[C@@H]2C(=O)N(CC)C(=S)N2NC(=O)c2cccc(OC)c2)cc1. The molecule has 10 nitrogen and oxygen atoms in total. The van der Waals surface area contributed by atoms with Crippen molar-refractivity contribution in [3.63, 3.8) is 0 Å². The number of esters is 1. The average molecular weight is 499 g/mol. The molecule has 1 aliphatic heterocycles. The number of hydrogen-bond acceptors (Lipinski definition) is 7. The van der Waals surface area contributed by atoms with Gasteiger partial charge in [-0.05, 0) is 68.5 Å². The van der Waals surface area contributed by atoms with Gasteiger partial charge in [0.25, 0.3) is 11.8 Å². The molecule has 3 rings (SSSR count). The Balaban J connectivity index is 1.72. The van der Waals surface area contributed by atoms with Crippen molar-refractivity contribution >= 4 is 46.7 Å². The summed E-state index contributed by atoms with van der Waals surface area (Å²) in [6.07, 6.45) is -0.256. The molecule has 184 valence electrons. The summed E-state index contributed by atoms with van der Waals surface area (Å²) in [6.45, 7) is 4.01. The Labute approximate surface area is 208 Å².